The van der Waals surface area contributed by atoms with Gasteiger partial charge in [0.25, 0.3) is 0 Å². The van der Waals surface area contributed by atoms with Crippen LogP contribution in [0.1, 0.15) is 52.4 Å². The van der Waals surface area contributed by atoms with Crippen molar-refractivity contribution in [3.05, 3.63) is 0 Å². The second kappa shape index (κ2) is 6.46. The van der Waals surface area contributed by atoms with Crippen molar-refractivity contribution in [3.63, 3.8) is 0 Å². The molecule has 5 heteroatoms. The lowest BCUT2D eigenvalue weighted by Crippen LogP contribution is -2.46. The Morgan fingerprint density at radius 1 is 1.15 bits per heavy atom. The maximum Gasteiger partial charge on any atom is 0.315 e. The minimum absolute atomic E-state index is 0.00906. The number of carbonyl (C=O) groups is 2. The van der Waals surface area contributed by atoms with E-state index in [0.717, 1.165) is 12.8 Å². The standard InChI is InChI=1S/C15H26N2O3/c1-3-10-5-7-13(9(10)2)17-15(20)16-12-6-4-11(8-12)14(18)19/h9-13H,3-8H2,1-2H3,(H,18,19)(H2,16,17,20). The number of hydrogen-bond donors (Lipinski definition) is 3. The Labute approximate surface area is 120 Å². The van der Waals surface area contributed by atoms with E-state index in [-0.39, 0.29) is 24.0 Å². The van der Waals surface area contributed by atoms with Crippen molar-refractivity contribution in [2.24, 2.45) is 17.8 Å². The van der Waals surface area contributed by atoms with Gasteiger partial charge >= 0.3 is 12.0 Å². The van der Waals surface area contributed by atoms with Crippen LogP contribution in [0.2, 0.25) is 0 Å². The maximum atomic E-state index is 12.0. The molecule has 114 valence electrons. The van der Waals surface area contributed by atoms with Crippen molar-refractivity contribution in [2.45, 2.75) is 64.5 Å². The molecular weight excluding hydrogens is 256 g/mol. The number of urea groups is 1. The van der Waals surface area contributed by atoms with E-state index >= 15 is 0 Å². The van der Waals surface area contributed by atoms with E-state index in [2.05, 4.69) is 24.5 Å². The van der Waals surface area contributed by atoms with Gasteiger partial charge in [-0.05, 0) is 43.9 Å². The molecule has 2 rings (SSSR count). The minimum atomic E-state index is -0.745. The van der Waals surface area contributed by atoms with Crippen LogP contribution in [0, 0.1) is 17.8 Å². The quantitative estimate of drug-likeness (QED) is 0.740. The van der Waals surface area contributed by atoms with Gasteiger partial charge in [0.05, 0.1) is 5.92 Å². The highest BCUT2D eigenvalue weighted by Gasteiger charge is 2.34. The van der Waals surface area contributed by atoms with E-state index in [1.165, 1.54) is 12.8 Å². The van der Waals surface area contributed by atoms with Crippen LogP contribution in [0.4, 0.5) is 4.79 Å². The molecule has 2 amide bonds. The Balaban J connectivity index is 1.75. The average molecular weight is 282 g/mol. The van der Waals surface area contributed by atoms with Crippen LogP contribution in [0.15, 0.2) is 0 Å². The fourth-order valence-corrected chi connectivity index (χ4v) is 3.76. The third-order valence-electron chi connectivity index (χ3n) is 5.18. The van der Waals surface area contributed by atoms with Crippen LogP contribution in [0.3, 0.4) is 0 Å². The number of rotatable bonds is 4. The van der Waals surface area contributed by atoms with Crippen LogP contribution < -0.4 is 10.6 Å². The topological polar surface area (TPSA) is 78.4 Å². The summed E-state index contributed by atoms with van der Waals surface area (Å²) in [4.78, 5) is 22.9. The van der Waals surface area contributed by atoms with Crippen molar-refractivity contribution < 1.29 is 14.7 Å². The fraction of sp³-hybridized carbons (Fsp3) is 0.867. The lowest BCUT2D eigenvalue weighted by atomic mass is 9.93. The smallest absolute Gasteiger partial charge is 0.315 e. The molecule has 0 aromatic rings. The summed E-state index contributed by atoms with van der Waals surface area (Å²) in [5.74, 6) is 0.198. The van der Waals surface area contributed by atoms with E-state index in [1.54, 1.807) is 0 Å². The molecule has 0 aromatic heterocycles. The first-order chi connectivity index (χ1) is 9.51. The second-order valence-corrected chi connectivity index (χ2v) is 6.37. The van der Waals surface area contributed by atoms with Gasteiger partial charge in [-0.15, -0.1) is 0 Å². The van der Waals surface area contributed by atoms with Gasteiger partial charge in [0.1, 0.15) is 0 Å². The Hall–Kier alpha value is -1.26. The third-order valence-corrected chi connectivity index (χ3v) is 5.18. The molecule has 0 heterocycles. The minimum Gasteiger partial charge on any atom is -0.481 e. The molecule has 0 spiro atoms. The largest absolute Gasteiger partial charge is 0.481 e. The Morgan fingerprint density at radius 2 is 1.90 bits per heavy atom. The van der Waals surface area contributed by atoms with Gasteiger partial charge in [0.2, 0.25) is 0 Å². The summed E-state index contributed by atoms with van der Waals surface area (Å²) < 4.78 is 0. The van der Waals surface area contributed by atoms with Crippen LogP contribution in [-0.2, 0) is 4.79 Å². The molecule has 0 radical (unpaired) electrons. The summed E-state index contributed by atoms with van der Waals surface area (Å²) in [5.41, 5.74) is 0. The van der Waals surface area contributed by atoms with Gasteiger partial charge in [-0.2, -0.15) is 0 Å². The SMILES string of the molecule is CCC1CCC(NC(=O)NC2CCC(C(=O)O)C2)C1C. The molecule has 5 nitrogen and oxygen atoms in total. The molecular formula is C15H26N2O3. The number of carbonyl (C=O) groups excluding carboxylic acids is 1. The summed E-state index contributed by atoms with van der Waals surface area (Å²) in [6.45, 7) is 4.41. The molecule has 2 aliphatic carbocycles. The number of carboxylic acids is 1. The van der Waals surface area contributed by atoms with Gasteiger partial charge in [-0.3, -0.25) is 4.79 Å². The van der Waals surface area contributed by atoms with Gasteiger partial charge in [0, 0.05) is 12.1 Å². The summed E-state index contributed by atoms with van der Waals surface area (Å²) in [5, 5.41) is 15.0. The van der Waals surface area contributed by atoms with Crippen molar-refractivity contribution in [1.29, 1.82) is 0 Å². The van der Waals surface area contributed by atoms with E-state index < -0.39 is 5.97 Å². The average Bonchev–Trinajstić information content (AvgIpc) is 2.98. The van der Waals surface area contributed by atoms with E-state index in [0.29, 0.717) is 24.7 Å². The zero-order valence-corrected chi connectivity index (χ0v) is 12.4. The molecule has 5 atom stereocenters. The van der Waals surface area contributed by atoms with Crippen molar-refractivity contribution in [2.75, 3.05) is 0 Å². The first-order valence-electron chi connectivity index (χ1n) is 7.81. The molecule has 3 N–H and O–H groups in total. The normalized spacial score (nSPS) is 36.8. The number of carboxylic acid groups (broad SMARTS) is 1. The third kappa shape index (κ3) is 3.44. The van der Waals surface area contributed by atoms with Gasteiger partial charge in [0.15, 0.2) is 0 Å². The zero-order chi connectivity index (χ0) is 14.7. The fourth-order valence-electron chi connectivity index (χ4n) is 3.76. The molecule has 2 saturated carbocycles. The predicted octanol–water partition coefficient (Wildman–Crippen LogP) is 2.36. The van der Waals surface area contributed by atoms with Crippen molar-refractivity contribution in [1.82, 2.24) is 10.6 Å². The van der Waals surface area contributed by atoms with Gasteiger partial charge in [-0.25, -0.2) is 4.79 Å². The van der Waals surface area contributed by atoms with Crippen LogP contribution in [0.5, 0.6) is 0 Å². The highest BCUT2D eigenvalue weighted by molar-refractivity contribution is 5.75. The molecule has 2 aliphatic rings. The van der Waals surface area contributed by atoms with Crippen molar-refractivity contribution in [3.8, 4) is 0 Å². The number of hydrogen-bond acceptors (Lipinski definition) is 2. The summed E-state index contributed by atoms with van der Waals surface area (Å²) in [6.07, 6.45) is 5.40. The van der Waals surface area contributed by atoms with Crippen LogP contribution in [-0.4, -0.2) is 29.2 Å². The molecule has 0 bridgehead atoms. The van der Waals surface area contributed by atoms with E-state index in [4.69, 9.17) is 5.11 Å². The van der Waals surface area contributed by atoms with E-state index in [1.807, 2.05) is 0 Å². The predicted molar refractivity (Wildman–Crippen MR) is 76.4 cm³/mol. The molecule has 0 aliphatic heterocycles. The van der Waals surface area contributed by atoms with Gasteiger partial charge in [-0.1, -0.05) is 20.3 Å². The molecule has 2 fully saturated rings. The Morgan fingerprint density at radius 3 is 2.45 bits per heavy atom. The van der Waals surface area contributed by atoms with E-state index in [9.17, 15) is 9.59 Å². The lowest BCUT2D eigenvalue weighted by molar-refractivity contribution is -0.141. The van der Waals surface area contributed by atoms with Crippen LogP contribution >= 0.6 is 0 Å². The van der Waals surface area contributed by atoms with Crippen molar-refractivity contribution >= 4 is 12.0 Å². The first-order valence-corrected chi connectivity index (χ1v) is 7.81. The highest BCUT2D eigenvalue weighted by atomic mass is 16.4. The summed E-state index contributed by atoms with van der Waals surface area (Å²) in [7, 11) is 0. The number of aliphatic carboxylic acids is 1. The summed E-state index contributed by atoms with van der Waals surface area (Å²) >= 11 is 0. The lowest BCUT2D eigenvalue weighted by Gasteiger charge is -2.22. The highest BCUT2D eigenvalue weighted by Crippen LogP contribution is 2.33. The molecule has 0 aromatic carbocycles. The Kier molecular flexibility index (Phi) is 4.89. The second-order valence-electron chi connectivity index (χ2n) is 6.37. The van der Waals surface area contributed by atoms with Crippen LogP contribution in [0.25, 0.3) is 0 Å². The molecule has 20 heavy (non-hydrogen) atoms. The van der Waals surface area contributed by atoms with Gasteiger partial charge < -0.3 is 15.7 Å². The number of amides is 2. The zero-order valence-electron chi connectivity index (χ0n) is 12.4. The monoisotopic (exact) mass is 282 g/mol. The number of nitrogens with one attached hydrogen (secondary N) is 2. The molecule has 5 unspecified atom stereocenters. The maximum absolute atomic E-state index is 12.0. The Bertz CT molecular complexity index is 372. The molecule has 0 saturated heterocycles. The summed E-state index contributed by atoms with van der Waals surface area (Å²) in [6, 6.07) is 0.140. The first kappa shape index (κ1) is 15.1.